The predicted octanol–water partition coefficient (Wildman–Crippen LogP) is 8.78. The van der Waals surface area contributed by atoms with E-state index in [0.29, 0.717) is 5.56 Å². The van der Waals surface area contributed by atoms with E-state index in [2.05, 4.69) is 53.4 Å². The molecule has 1 N–H and O–H groups in total. The molecule has 0 bridgehead atoms. The van der Waals surface area contributed by atoms with E-state index in [1.807, 2.05) is 6.07 Å². The average Bonchev–Trinajstić information content (AvgIpc) is 3.04. The Morgan fingerprint density at radius 3 is 2.12 bits per heavy atom. The Bertz CT molecular complexity index is 1880. The van der Waals surface area contributed by atoms with Gasteiger partial charge in [-0.2, -0.15) is 0 Å². The van der Waals surface area contributed by atoms with Gasteiger partial charge >= 0.3 is 0 Å². The van der Waals surface area contributed by atoms with Gasteiger partial charge in [0.25, 0.3) is 5.91 Å². The van der Waals surface area contributed by atoms with Crippen LogP contribution in [0.3, 0.4) is 0 Å². The van der Waals surface area contributed by atoms with Crippen molar-refractivity contribution in [2.45, 2.75) is 82.5 Å². The van der Waals surface area contributed by atoms with Crippen LogP contribution in [-0.2, 0) is 0 Å². The van der Waals surface area contributed by atoms with Gasteiger partial charge in [0.15, 0.2) is 6.23 Å². The molecule has 0 spiro atoms. The monoisotopic (exact) mass is 590 g/mol. The molecule has 5 aromatic carbocycles. The maximum absolute atomic E-state index is 14.0. The smallest absolute Gasteiger partial charge is 0.259 e. The summed E-state index contributed by atoms with van der Waals surface area (Å²) >= 11 is 11.5. The standard InChI is InChI=1S/C36H34N2O2S2/c39-34(37(20-41)21-8-3-1-4-9-21)28-17-14-25-27-16-19-30-33-29(35(40)38(36(30)42)22-10-5-2-6-11-22)18-15-26(32(27)33)23-12-7-13-24(28)31(23)25/h7,12-22,35,40H,1-6,8-11H2. The zero-order valence-corrected chi connectivity index (χ0v) is 25.3. The minimum absolute atomic E-state index is 0.00656. The molecular formula is C36H34N2O2S2. The highest BCUT2D eigenvalue weighted by atomic mass is 32.1. The molecule has 1 aliphatic heterocycles. The summed E-state index contributed by atoms with van der Waals surface area (Å²) in [7, 11) is 0. The van der Waals surface area contributed by atoms with Crippen molar-refractivity contribution in [1.29, 1.82) is 0 Å². The van der Waals surface area contributed by atoms with E-state index in [-0.39, 0.29) is 18.0 Å². The van der Waals surface area contributed by atoms with Gasteiger partial charge in [-0.1, -0.05) is 111 Å². The van der Waals surface area contributed by atoms with Crippen LogP contribution in [0.4, 0.5) is 0 Å². The van der Waals surface area contributed by atoms with Crippen molar-refractivity contribution in [3.05, 3.63) is 71.3 Å². The third-order valence-electron chi connectivity index (χ3n) is 10.3. The molecule has 3 aliphatic rings. The summed E-state index contributed by atoms with van der Waals surface area (Å²) in [6, 6.07) is 19.5. The second-order valence-electron chi connectivity index (χ2n) is 12.5. The SMILES string of the molecule is O=C(c1ccc2c3ccc4c5c(ccc(c6cccc1c26)c53)C(O)N(C1CCCCC1)C4=S)N(C=S)C1CCCCC1. The summed E-state index contributed by atoms with van der Waals surface area (Å²) in [5.41, 5.74) is 4.26. The molecule has 5 aromatic rings. The Labute approximate surface area is 256 Å². The van der Waals surface area contributed by atoms with Gasteiger partial charge in [0.2, 0.25) is 0 Å². The number of benzene rings is 5. The fourth-order valence-electron chi connectivity index (χ4n) is 8.33. The lowest BCUT2D eigenvalue weighted by Gasteiger charge is -2.43. The number of carbonyl (C=O) groups excluding carboxylic acids is 1. The molecule has 2 fully saturated rings. The molecule has 1 unspecified atom stereocenters. The van der Waals surface area contributed by atoms with Crippen LogP contribution in [0, 0.1) is 0 Å². The largest absolute Gasteiger partial charge is 0.369 e. The predicted molar refractivity (Wildman–Crippen MR) is 180 cm³/mol. The molecule has 2 saturated carbocycles. The topological polar surface area (TPSA) is 43.8 Å². The number of hydrogen-bond donors (Lipinski definition) is 1. The summed E-state index contributed by atoms with van der Waals surface area (Å²) < 4.78 is 0. The van der Waals surface area contributed by atoms with E-state index in [4.69, 9.17) is 24.4 Å². The lowest BCUT2D eigenvalue weighted by atomic mass is 9.83. The zero-order valence-electron chi connectivity index (χ0n) is 23.6. The van der Waals surface area contributed by atoms with E-state index in [1.165, 1.54) is 25.7 Å². The zero-order chi connectivity index (χ0) is 28.5. The molecule has 42 heavy (non-hydrogen) atoms. The number of fused-ring (bicyclic) bond motifs is 2. The van der Waals surface area contributed by atoms with Crippen molar-refractivity contribution in [2.24, 2.45) is 0 Å². The van der Waals surface area contributed by atoms with Gasteiger partial charge in [-0.15, -0.1) is 0 Å². The molecule has 0 saturated heterocycles. The number of amides is 1. The maximum atomic E-state index is 14.0. The Hall–Kier alpha value is -3.19. The first-order valence-corrected chi connectivity index (χ1v) is 16.4. The number of aliphatic hydroxyl groups excluding tert-OH is 1. The van der Waals surface area contributed by atoms with Gasteiger partial charge in [-0.25, -0.2) is 0 Å². The Morgan fingerprint density at radius 2 is 1.38 bits per heavy atom. The molecule has 0 radical (unpaired) electrons. The first-order chi connectivity index (χ1) is 20.6. The van der Waals surface area contributed by atoms with Crippen LogP contribution < -0.4 is 0 Å². The highest BCUT2D eigenvalue weighted by Crippen LogP contribution is 2.47. The van der Waals surface area contributed by atoms with E-state index in [0.717, 1.165) is 97.7 Å². The summed E-state index contributed by atoms with van der Waals surface area (Å²) in [5.74, 6) is -0.00656. The number of carbonyl (C=O) groups is 1. The third kappa shape index (κ3) is 3.78. The quantitative estimate of drug-likeness (QED) is 0.129. The molecular weight excluding hydrogens is 557 g/mol. The minimum Gasteiger partial charge on any atom is -0.369 e. The molecule has 1 atom stereocenters. The van der Waals surface area contributed by atoms with Gasteiger partial charge in [-0.05, 0) is 69.5 Å². The van der Waals surface area contributed by atoms with Crippen LogP contribution in [-0.4, -0.2) is 43.4 Å². The number of thiocarbonyl (C=S) groups is 2. The van der Waals surface area contributed by atoms with Crippen LogP contribution in [0.2, 0.25) is 0 Å². The maximum Gasteiger partial charge on any atom is 0.259 e. The van der Waals surface area contributed by atoms with Crippen molar-refractivity contribution in [3.63, 3.8) is 0 Å². The molecule has 1 amide bonds. The van der Waals surface area contributed by atoms with Crippen LogP contribution in [0.1, 0.15) is 91.9 Å². The van der Waals surface area contributed by atoms with Crippen LogP contribution in [0.15, 0.2) is 54.6 Å². The van der Waals surface area contributed by atoms with Crippen molar-refractivity contribution in [2.75, 3.05) is 0 Å². The summed E-state index contributed by atoms with van der Waals surface area (Å²) in [6.07, 6.45) is 10.6. The van der Waals surface area contributed by atoms with E-state index >= 15 is 0 Å². The first-order valence-electron chi connectivity index (χ1n) is 15.5. The molecule has 0 aromatic heterocycles. The van der Waals surface area contributed by atoms with E-state index in [1.54, 1.807) is 10.4 Å². The highest BCUT2D eigenvalue weighted by Gasteiger charge is 2.36. The molecule has 212 valence electrons. The van der Waals surface area contributed by atoms with Gasteiger partial charge in [0, 0.05) is 34.2 Å². The summed E-state index contributed by atoms with van der Waals surface area (Å²) in [4.78, 5) is 18.7. The average molecular weight is 591 g/mol. The van der Waals surface area contributed by atoms with Crippen molar-refractivity contribution >= 4 is 83.9 Å². The molecule has 8 rings (SSSR count). The fraction of sp³-hybridized carbons (Fsp3) is 0.361. The van der Waals surface area contributed by atoms with E-state index in [9.17, 15) is 9.90 Å². The lowest BCUT2D eigenvalue weighted by Crippen LogP contribution is -2.45. The normalized spacial score (nSPS) is 20.3. The Morgan fingerprint density at radius 1 is 0.762 bits per heavy atom. The van der Waals surface area contributed by atoms with Gasteiger partial charge in [0.05, 0.1) is 5.49 Å². The third-order valence-corrected chi connectivity index (χ3v) is 11.0. The second-order valence-corrected chi connectivity index (χ2v) is 13.1. The Kier molecular flexibility index (Phi) is 6.43. The summed E-state index contributed by atoms with van der Waals surface area (Å²) in [5, 5.41) is 20.5. The van der Waals surface area contributed by atoms with Gasteiger partial charge in [0.1, 0.15) is 4.99 Å². The first kappa shape index (κ1) is 26.4. The molecule has 2 aliphatic carbocycles. The number of aliphatic hydroxyl groups is 1. The van der Waals surface area contributed by atoms with Crippen molar-refractivity contribution < 1.29 is 9.90 Å². The van der Waals surface area contributed by atoms with Gasteiger partial charge in [-0.3, -0.25) is 4.79 Å². The van der Waals surface area contributed by atoms with Crippen molar-refractivity contribution in [1.82, 2.24) is 9.80 Å². The highest BCUT2D eigenvalue weighted by molar-refractivity contribution is 7.80. The van der Waals surface area contributed by atoms with Crippen LogP contribution in [0.5, 0.6) is 0 Å². The fourth-order valence-corrected chi connectivity index (χ4v) is 9.02. The molecule has 4 nitrogen and oxygen atoms in total. The van der Waals surface area contributed by atoms with E-state index < -0.39 is 6.23 Å². The molecule has 1 heterocycles. The van der Waals surface area contributed by atoms with Crippen molar-refractivity contribution in [3.8, 4) is 0 Å². The van der Waals surface area contributed by atoms with Gasteiger partial charge < -0.3 is 14.9 Å². The van der Waals surface area contributed by atoms with Crippen LogP contribution in [0.25, 0.3) is 43.1 Å². The molecule has 6 heteroatoms. The minimum atomic E-state index is -0.741. The number of hydrogen-bond acceptors (Lipinski definition) is 4. The second kappa shape index (κ2) is 10.2. The number of rotatable bonds is 4. The van der Waals surface area contributed by atoms with Crippen LogP contribution >= 0.6 is 24.4 Å². The Balaban J connectivity index is 1.33. The lowest BCUT2D eigenvalue weighted by molar-refractivity contribution is 0.0176. The number of nitrogens with zero attached hydrogens (tertiary/aromatic N) is 2. The summed E-state index contributed by atoms with van der Waals surface area (Å²) in [6.45, 7) is 0.